The van der Waals surface area contributed by atoms with Crippen molar-refractivity contribution in [3.63, 3.8) is 0 Å². The molecule has 1 aliphatic heterocycles. The summed E-state index contributed by atoms with van der Waals surface area (Å²) in [6, 6.07) is 5.74. The van der Waals surface area contributed by atoms with Crippen LogP contribution in [0.1, 0.15) is 12.0 Å². The predicted octanol–water partition coefficient (Wildman–Crippen LogP) is 0.111. The molecule has 1 aliphatic rings. The number of benzene rings is 1. The lowest BCUT2D eigenvalue weighted by molar-refractivity contribution is -0.125. The Morgan fingerprint density at radius 3 is 2.59 bits per heavy atom. The number of rotatable bonds is 9. The molecular formula is C18H26N2O6S. The minimum atomic E-state index is -3.76. The Hall–Kier alpha value is -1.78. The van der Waals surface area contributed by atoms with Gasteiger partial charge in [0.25, 0.3) is 0 Å². The van der Waals surface area contributed by atoms with Crippen molar-refractivity contribution in [3.05, 3.63) is 42.0 Å². The molecule has 0 aliphatic carbocycles. The summed E-state index contributed by atoms with van der Waals surface area (Å²) in [5, 5.41) is 12.3. The van der Waals surface area contributed by atoms with E-state index in [1.165, 1.54) is 12.1 Å². The highest BCUT2D eigenvalue weighted by Crippen LogP contribution is 2.18. The fourth-order valence-corrected chi connectivity index (χ4v) is 3.84. The zero-order chi connectivity index (χ0) is 19.9. The van der Waals surface area contributed by atoms with Crippen LogP contribution < -0.4 is 10.0 Å². The number of carbonyl (C=O) groups is 1. The number of hydrogen-bond acceptors (Lipinski definition) is 6. The van der Waals surface area contributed by atoms with Crippen LogP contribution in [-0.4, -0.2) is 64.5 Å². The van der Waals surface area contributed by atoms with E-state index in [1.54, 1.807) is 31.4 Å². The first-order chi connectivity index (χ1) is 12.9. The number of aliphatic hydroxyl groups excluding tert-OH is 1. The summed E-state index contributed by atoms with van der Waals surface area (Å²) >= 11 is 0. The van der Waals surface area contributed by atoms with Gasteiger partial charge in [0.15, 0.2) is 0 Å². The van der Waals surface area contributed by atoms with Crippen molar-refractivity contribution in [2.45, 2.75) is 36.5 Å². The van der Waals surface area contributed by atoms with Crippen LogP contribution in [-0.2, 0) is 24.3 Å². The van der Waals surface area contributed by atoms with Crippen molar-refractivity contribution in [3.8, 4) is 0 Å². The number of nitrogens with one attached hydrogen (secondary N) is 2. The summed E-state index contributed by atoms with van der Waals surface area (Å²) in [4.78, 5) is 12.0. The molecule has 9 heteroatoms. The van der Waals surface area contributed by atoms with Crippen LogP contribution in [0.4, 0.5) is 0 Å². The molecule has 2 rings (SSSR count). The molecule has 0 saturated heterocycles. The third kappa shape index (κ3) is 6.40. The summed E-state index contributed by atoms with van der Waals surface area (Å²) < 4.78 is 38.1. The number of hydrogen-bond donors (Lipinski definition) is 3. The van der Waals surface area contributed by atoms with Gasteiger partial charge >= 0.3 is 0 Å². The number of aliphatic hydroxyl groups is 1. The molecule has 0 bridgehead atoms. The van der Waals surface area contributed by atoms with Crippen LogP contribution in [0.25, 0.3) is 0 Å². The van der Waals surface area contributed by atoms with Gasteiger partial charge in [-0.1, -0.05) is 29.8 Å². The Bertz CT molecular complexity index is 748. The predicted molar refractivity (Wildman–Crippen MR) is 99.7 cm³/mol. The number of amides is 1. The van der Waals surface area contributed by atoms with E-state index in [9.17, 15) is 18.3 Å². The average Bonchev–Trinajstić information content (AvgIpc) is 2.63. The van der Waals surface area contributed by atoms with E-state index in [-0.39, 0.29) is 23.8 Å². The molecule has 3 atom stereocenters. The lowest BCUT2D eigenvalue weighted by atomic mass is 10.1. The van der Waals surface area contributed by atoms with Crippen molar-refractivity contribution >= 4 is 15.9 Å². The Balaban J connectivity index is 1.99. The standard InChI is InChI=1S/C18H26N2O6S/c1-13-3-6-15(7-4-13)27(23,24)20-16-8-5-14(26-17(16)12-21)11-18(22)19-9-10-25-2/h3-8,14,16-17,20-21H,9-12H2,1-2H3,(H,19,22)/t14-,16+,17+/m1/s1. The molecule has 3 N–H and O–H groups in total. The van der Waals surface area contributed by atoms with Gasteiger partial charge in [-0.05, 0) is 19.1 Å². The monoisotopic (exact) mass is 398 g/mol. The molecule has 1 aromatic rings. The largest absolute Gasteiger partial charge is 0.394 e. The van der Waals surface area contributed by atoms with E-state index in [0.29, 0.717) is 13.2 Å². The molecule has 0 fully saturated rings. The van der Waals surface area contributed by atoms with Gasteiger partial charge in [0.2, 0.25) is 15.9 Å². The zero-order valence-electron chi connectivity index (χ0n) is 15.4. The topological polar surface area (TPSA) is 114 Å². The summed E-state index contributed by atoms with van der Waals surface area (Å²) in [6.45, 7) is 2.30. The molecule has 8 nitrogen and oxygen atoms in total. The number of aryl methyl sites for hydroxylation is 1. The van der Waals surface area contributed by atoms with Crippen molar-refractivity contribution in [2.24, 2.45) is 0 Å². The molecule has 1 heterocycles. The van der Waals surface area contributed by atoms with Gasteiger partial charge in [-0.15, -0.1) is 0 Å². The molecular weight excluding hydrogens is 372 g/mol. The zero-order valence-corrected chi connectivity index (χ0v) is 16.2. The first kappa shape index (κ1) is 21.5. The molecule has 1 aromatic carbocycles. The normalized spacial score (nSPS) is 22.6. The van der Waals surface area contributed by atoms with Crippen molar-refractivity contribution in [1.29, 1.82) is 0 Å². The maximum atomic E-state index is 12.5. The minimum absolute atomic E-state index is 0.0775. The van der Waals surface area contributed by atoms with E-state index < -0.39 is 28.3 Å². The highest BCUT2D eigenvalue weighted by atomic mass is 32.2. The first-order valence-corrected chi connectivity index (χ1v) is 10.1. The van der Waals surface area contributed by atoms with Crippen LogP contribution in [0.3, 0.4) is 0 Å². The molecule has 150 valence electrons. The maximum absolute atomic E-state index is 12.5. The lowest BCUT2D eigenvalue weighted by Crippen LogP contribution is -2.49. The molecule has 0 aromatic heterocycles. The Morgan fingerprint density at radius 2 is 1.96 bits per heavy atom. The van der Waals surface area contributed by atoms with E-state index in [2.05, 4.69) is 10.0 Å². The summed E-state index contributed by atoms with van der Waals surface area (Å²) in [6.07, 6.45) is 2.00. The second kappa shape index (κ2) is 9.95. The second-order valence-electron chi connectivity index (χ2n) is 6.29. The molecule has 27 heavy (non-hydrogen) atoms. The van der Waals surface area contributed by atoms with Gasteiger partial charge < -0.3 is 19.9 Å². The molecule has 1 amide bonds. The number of methoxy groups -OCH3 is 1. The Morgan fingerprint density at radius 1 is 1.26 bits per heavy atom. The van der Waals surface area contributed by atoms with Gasteiger partial charge in [-0.2, -0.15) is 0 Å². The molecule has 0 saturated carbocycles. The smallest absolute Gasteiger partial charge is 0.241 e. The summed E-state index contributed by atoms with van der Waals surface area (Å²) in [5.41, 5.74) is 0.953. The van der Waals surface area contributed by atoms with Crippen LogP contribution in [0.2, 0.25) is 0 Å². The lowest BCUT2D eigenvalue weighted by Gasteiger charge is -2.31. The molecule has 0 unspecified atom stereocenters. The van der Waals surface area contributed by atoms with E-state index in [4.69, 9.17) is 9.47 Å². The Kier molecular flexibility index (Phi) is 7.93. The van der Waals surface area contributed by atoms with Gasteiger partial charge in [0, 0.05) is 13.7 Å². The maximum Gasteiger partial charge on any atom is 0.241 e. The summed E-state index contributed by atoms with van der Waals surface area (Å²) in [5.74, 6) is -0.211. The van der Waals surface area contributed by atoms with E-state index >= 15 is 0 Å². The Labute approximate surface area is 159 Å². The van der Waals surface area contributed by atoms with Crippen LogP contribution >= 0.6 is 0 Å². The molecule has 0 spiro atoms. The fourth-order valence-electron chi connectivity index (χ4n) is 2.62. The third-order valence-corrected chi connectivity index (χ3v) is 5.58. The summed E-state index contributed by atoms with van der Waals surface area (Å²) in [7, 11) is -2.22. The van der Waals surface area contributed by atoms with E-state index in [0.717, 1.165) is 5.56 Å². The van der Waals surface area contributed by atoms with Crippen molar-refractivity contribution in [1.82, 2.24) is 10.0 Å². The number of ether oxygens (including phenoxy) is 2. The molecule has 0 radical (unpaired) electrons. The number of sulfonamides is 1. The van der Waals surface area contributed by atoms with Gasteiger partial charge in [-0.25, -0.2) is 13.1 Å². The highest BCUT2D eigenvalue weighted by molar-refractivity contribution is 7.89. The fraction of sp³-hybridized carbons (Fsp3) is 0.500. The minimum Gasteiger partial charge on any atom is -0.394 e. The SMILES string of the molecule is COCCNC(=O)C[C@H]1C=C[C@H](NS(=O)(=O)c2ccc(C)cc2)[C@H](CO)O1. The van der Waals surface area contributed by atoms with Crippen molar-refractivity contribution in [2.75, 3.05) is 26.9 Å². The van der Waals surface area contributed by atoms with Crippen LogP contribution in [0.5, 0.6) is 0 Å². The van der Waals surface area contributed by atoms with Crippen LogP contribution in [0.15, 0.2) is 41.3 Å². The third-order valence-electron chi connectivity index (χ3n) is 4.10. The quantitative estimate of drug-likeness (QED) is 0.402. The van der Waals surface area contributed by atoms with Gasteiger partial charge in [0.05, 0.1) is 36.7 Å². The first-order valence-electron chi connectivity index (χ1n) is 8.65. The highest BCUT2D eigenvalue weighted by Gasteiger charge is 2.31. The number of carbonyl (C=O) groups excluding carboxylic acids is 1. The van der Waals surface area contributed by atoms with Gasteiger partial charge in [0.1, 0.15) is 6.10 Å². The van der Waals surface area contributed by atoms with E-state index in [1.807, 2.05) is 6.92 Å². The average molecular weight is 398 g/mol. The van der Waals surface area contributed by atoms with Crippen LogP contribution in [0, 0.1) is 6.92 Å². The van der Waals surface area contributed by atoms with Gasteiger partial charge in [-0.3, -0.25) is 4.79 Å². The second-order valence-corrected chi connectivity index (χ2v) is 8.00. The van der Waals surface area contributed by atoms with Crippen molar-refractivity contribution < 1.29 is 27.8 Å².